The van der Waals surface area contributed by atoms with Crippen LogP contribution in [0.25, 0.3) is 0 Å². The molecule has 2 fully saturated rings. The van der Waals surface area contributed by atoms with Crippen LogP contribution in [0.4, 0.5) is 5.69 Å². The Labute approximate surface area is 110 Å². The van der Waals surface area contributed by atoms with Crippen LogP contribution in [0.2, 0.25) is 0 Å². The maximum atomic E-state index is 5.82. The molecule has 1 aromatic carbocycles. The predicted octanol–water partition coefficient (Wildman–Crippen LogP) is 3.08. The van der Waals surface area contributed by atoms with E-state index in [0.717, 1.165) is 12.1 Å². The third kappa shape index (κ3) is 2.54. The van der Waals surface area contributed by atoms with E-state index in [1.165, 1.54) is 57.3 Å². The normalized spacial score (nSPS) is 22.9. The van der Waals surface area contributed by atoms with Crippen molar-refractivity contribution in [2.45, 2.75) is 38.5 Å². The molecule has 0 aromatic heterocycles. The summed E-state index contributed by atoms with van der Waals surface area (Å²) in [6.07, 6.45) is 8.45. The van der Waals surface area contributed by atoms with E-state index in [0.29, 0.717) is 5.41 Å². The first-order valence-electron chi connectivity index (χ1n) is 7.33. The van der Waals surface area contributed by atoms with Crippen LogP contribution < -0.4 is 5.73 Å². The van der Waals surface area contributed by atoms with E-state index < -0.39 is 0 Å². The molecule has 0 atom stereocenters. The van der Waals surface area contributed by atoms with Gasteiger partial charge in [-0.15, -0.1) is 0 Å². The summed E-state index contributed by atoms with van der Waals surface area (Å²) in [5.74, 6) is 0. The summed E-state index contributed by atoms with van der Waals surface area (Å²) >= 11 is 0. The lowest BCUT2D eigenvalue weighted by molar-refractivity contribution is 0.263. The van der Waals surface area contributed by atoms with Gasteiger partial charge in [-0.1, -0.05) is 25.0 Å². The number of hydrogen-bond donors (Lipinski definition) is 1. The molecule has 0 radical (unpaired) electrons. The van der Waals surface area contributed by atoms with Gasteiger partial charge in [0.1, 0.15) is 0 Å². The highest BCUT2D eigenvalue weighted by atomic mass is 15.2. The van der Waals surface area contributed by atoms with Gasteiger partial charge in [0.05, 0.1) is 0 Å². The average Bonchev–Trinajstić information content (AvgIpc) is 2.98. The molecular weight excluding hydrogens is 220 g/mol. The van der Waals surface area contributed by atoms with Crippen molar-refractivity contribution in [3.8, 4) is 0 Å². The van der Waals surface area contributed by atoms with Gasteiger partial charge in [0.25, 0.3) is 0 Å². The molecule has 1 spiro atoms. The molecule has 1 saturated heterocycles. The lowest BCUT2D eigenvalue weighted by Gasteiger charge is -2.23. The van der Waals surface area contributed by atoms with Crippen LogP contribution in [0, 0.1) is 5.41 Å². The van der Waals surface area contributed by atoms with Gasteiger partial charge in [0.15, 0.2) is 0 Å². The van der Waals surface area contributed by atoms with Crippen LogP contribution in [0.3, 0.4) is 0 Å². The monoisotopic (exact) mass is 244 g/mol. The van der Waals surface area contributed by atoms with E-state index in [4.69, 9.17) is 5.73 Å². The van der Waals surface area contributed by atoms with Crippen molar-refractivity contribution in [2.24, 2.45) is 5.41 Å². The average molecular weight is 244 g/mol. The van der Waals surface area contributed by atoms with Gasteiger partial charge >= 0.3 is 0 Å². The lowest BCUT2D eigenvalue weighted by atomic mass is 9.86. The minimum atomic E-state index is 0.704. The molecule has 18 heavy (non-hydrogen) atoms. The third-order valence-electron chi connectivity index (χ3n) is 4.85. The number of rotatable bonds is 3. The molecular formula is C16H24N2. The number of benzene rings is 1. The van der Waals surface area contributed by atoms with Crippen LogP contribution in [0.1, 0.15) is 37.7 Å². The maximum absolute atomic E-state index is 5.82. The Morgan fingerprint density at radius 2 is 2.00 bits per heavy atom. The lowest BCUT2D eigenvalue weighted by Crippen LogP contribution is -2.27. The molecule has 0 amide bonds. The van der Waals surface area contributed by atoms with E-state index in [1.807, 2.05) is 6.07 Å². The van der Waals surface area contributed by atoms with Crippen LogP contribution in [0.5, 0.6) is 0 Å². The second-order valence-corrected chi connectivity index (χ2v) is 6.23. The highest BCUT2D eigenvalue weighted by Crippen LogP contribution is 2.45. The Kier molecular flexibility index (Phi) is 3.29. The molecule has 0 bridgehead atoms. The van der Waals surface area contributed by atoms with E-state index >= 15 is 0 Å². The second kappa shape index (κ2) is 4.93. The van der Waals surface area contributed by atoms with E-state index in [2.05, 4.69) is 23.1 Å². The summed E-state index contributed by atoms with van der Waals surface area (Å²) in [6.45, 7) is 3.85. The number of nitrogens with two attached hydrogens (primary N) is 1. The van der Waals surface area contributed by atoms with Crippen LogP contribution in [-0.4, -0.2) is 24.5 Å². The Balaban J connectivity index is 1.52. The zero-order valence-corrected chi connectivity index (χ0v) is 11.2. The minimum absolute atomic E-state index is 0.704. The summed E-state index contributed by atoms with van der Waals surface area (Å²) in [6, 6.07) is 8.33. The molecule has 1 aliphatic heterocycles. The van der Waals surface area contributed by atoms with Crippen molar-refractivity contribution < 1.29 is 0 Å². The molecule has 2 nitrogen and oxygen atoms in total. The SMILES string of the molecule is Nc1cccc(CCN2CCC3(CCCC3)C2)c1. The molecule has 1 aromatic rings. The standard InChI is InChI=1S/C16H24N2/c17-15-5-3-4-14(12-15)6-10-18-11-9-16(13-18)7-1-2-8-16/h3-5,12H,1-2,6-11,13,17H2. The van der Waals surface area contributed by atoms with Gasteiger partial charge in [-0.05, 0) is 55.3 Å². The topological polar surface area (TPSA) is 29.3 Å². The number of nitrogens with zero attached hydrogens (tertiary/aromatic N) is 1. The Bertz CT molecular complexity index is 407. The van der Waals surface area contributed by atoms with Crippen molar-refractivity contribution in [3.63, 3.8) is 0 Å². The van der Waals surface area contributed by atoms with Gasteiger partial charge in [-0.2, -0.15) is 0 Å². The van der Waals surface area contributed by atoms with Crippen LogP contribution in [-0.2, 0) is 6.42 Å². The first kappa shape index (κ1) is 12.0. The molecule has 1 heterocycles. The fraction of sp³-hybridized carbons (Fsp3) is 0.625. The second-order valence-electron chi connectivity index (χ2n) is 6.23. The number of anilines is 1. The molecule has 2 aliphatic rings. The predicted molar refractivity (Wildman–Crippen MR) is 76.5 cm³/mol. The Morgan fingerprint density at radius 1 is 1.17 bits per heavy atom. The summed E-state index contributed by atoms with van der Waals surface area (Å²) in [4.78, 5) is 2.66. The quantitative estimate of drug-likeness (QED) is 0.828. The van der Waals surface area contributed by atoms with Crippen molar-refractivity contribution >= 4 is 5.69 Å². The maximum Gasteiger partial charge on any atom is 0.0316 e. The van der Waals surface area contributed by atoms with Gasteiger partial charge < -0.3 is 10.6 Å². The molecule has 1 saturated carbocycles. The van der Waals surface area contributed by atoms with Gasteiger partial charge in [0.2, 0.25) is 0 Å². The summed E-state index contributed by atoms with van der Waals surface area (Å²) in [5, 5.41) is 0. The molecule has 2 N–H and O–H groups in total. The first-order valence-corrected chi connectivity index (χ1v) is 7.33. The molecule has 1 aliphatic carbocycles. The fourth-order valence-electron chi connectivity index (χ4n) is 3.79. The van der Waals surface area contributed by atoms with Crippen LogP contribution in [0.15, 0.2) is 24.3 Å². The Morgan fingerprint density at radius 3 is 2.78 bits per heavy atom. The highest BCUT2D eigenvalue weighted by molar-refractivity contribution is 5.40. The molecule has 3 rings (SSSR count). The summed E-state index contributed by atoms with van der Waals surface area (Å²) in [7, 11) is 0. The number of nitrogen functional groups attached to an aromatic ring is 1. The zero-order chi connectivity index (χ0) is 12.4. The smallest absolute Gasteiger partial charge is 0.0316 e. The molecule has 98 valence electrons. The number of likely N-dealkylation sites (tertiary alicyclic amines) is 1. The van der Waals surface area contributed by atoms with Crippen LogP contribution >= 0.6 is 0 Å². The van der Waals surface area contributed by atoms with Gasteiger partial charge in [-0.25, -0.2) is 0 Å². The largest absolute Gasteiger partial charge is 0.399 e. The van der Waals surface area contributed by atoms with Crippen molar-refractivity contribution in [3.05, 3.63) is 29.8 Å². The zero-order valence-electron chi connectivity index (χ0n) is 11.2. The fourth-order valence-corrected chi connectivity index (χ4v) is 3.79. The highest BCUT2D eigenvalue weighted by Gasteiger charge is 2.39. The van der Waals surface area contributed by atoms with E-state index in [1.54, 1.807) is 0 Å². The first-order chi connectivity index (χ1) is 8.76. The van der Waals surface area contributed by atoms with E-state index in [9.17, 15) is 0 Å². The van der Waals surface area contributed by atoms with Gasteiger partial charge in [-0.3, -0.25) is 0 Å². The van der Waals surface area contributed by atoms with Crippen molar-refractivity contribution in [2.75, 3.05) is 25.4 Å². The minimum Gasteiger partial charge on any atom is -0.399 e. The summed E-state index contributed by atoms with van der Waals surface area (Å²) < 4.78 is 0. The van der Waals surface area contributed by atoms with Gasteiger partial charge in [0, 0.05) is 18.8 Å². The van der Waals surface area contributed by atoms with E-state index in [-0.39, 0.29) is 0 Å². The van der Waals surface area contributed by atoms with Crippen molar-refractivity contribution in [1.82, 2.24) is 4.90 Å². The Hall–Kier alpha value is -1.02. The summed E-state index contributed by atoms with van der Waals surface area (Å²) in [5.41, 5.74) is 8.79. The van der Waals surface area contributed by atoms with Crippen molar-refractivity contribution in [1.29, 1.82) is 0 Å². The third-order valence-corrected chi connectivity index (χ3v) is 4.85. The molecule has 2 heteroatoms. The number of hydrogen-bond acceptors (Lipinski definition) is 2. The molecule has 0 unspecified atom stereocenters.